The number of likely N-dealkylation sites (N-methyl/N-ethyl adjacent to an activating group) is 1. The maximum absolute atomic E-state index is 12.4. The summed E-state index contributed by atoms with van der Waals surface area (Å²) in [5, 5.41) is 2.98. The molecule has 1 N–H and O–H groups in total. The fourth-order valence-corrected chi connectivity index (χ4v) is 3.36. The summed E-state index contributed by atoms with van der Waals surface area (Å²) in [6, 6.07) is 10.1. The van der Waals surface area contributed by atoms with Crippen molar-refractivity contribution in [2.24, 2.45) is 0 Å². The summed E-state index contributed by atoms with van der Waals surface area (Å²) in [6.45, 7) is 11.1. The molecule has 1 aromatic heterocycles. The molecule has 1 heterocycles. The van der Waals surface area contributed by atoms with E-state index in [1.807, 2.05) is 30.0 Å². The third kappa shape index (κ3) is 7.69. The van der Waals surface area contributed by atoms with Crippen molar-refractivity contribution in [3.8, 4) is 5.75 Å². The number of urea groups is 1. The van der Waals surface area contributed by atoms with Crippen LogP contribution < -0.4 is 10.1 Å². The van der Waals surface area contributed by atoms with Crippen LogP contribution in [0.4, 0.5) is 4.79 Å². The van der Waals surface area contributed by atoms with Crippen molar-refractivity contribution < 1.29 is 9.53 Å². The summed E-state index contributed by atoms with van der Waals surface area (Å²) in [4.78, 5) is 18.2. The third-order valence-corrected chi connectivity index (χ3v) is 5.36. The van der Waals surface area contributed by atoms with Crippen LogP contribution in [0, 0.1) is 0 Å². The maximum Gasteiger partial charge on any atom is 0.317 e. The van der Waals surface area contributed by atoms with E-state index in [2.05, 4.69) is 59.1 Å². The number of carbonyl (C=O) groups is 1. The molecule has 0 saturated heterocycles. The number of nitrogens with zero attached hydrogens (tertiary/aromatic N) is 2. The largest absolute Gasteiger partial charge is 0.492 e. The zero-order chi connectivity index (χ0) is 21.3. The maximum atomic E-state index is 12.4. The highest BCUT2D eigenvalue weighted by molar-refractivity contribution is 9.10. The van der Waals surface area contributed by atoms with Gasteiger partial charge in [0.05, 0.1) is 11.1 Å². The number of pyridine rings is 1. The van der Waals surface area contributed by atoms with Gasteiger partial charge in [0.25, 0.3) is 0 Å². The Kier molecular flexibility index (Phi) is 8.96. The molecule has 0 bridgehead atoms. The normalized spacial score (nSPS) is 11.2. The topological polar surface area (TPSA) is 54.5 Å². The van der Waals surface area contributed by atoms with Crippen LogP contribution in [-0.2, 0) is 11.8 Å². The van der Waals surface area contributed by atoms with E-state index in [4.69, 9.17) is 4.74 Å². The smallest absolute Gasteiger partial charge is 0.317 e. The number of carbonyl (C=O) groups excluding carboxylic acids is 1. The standard InChI is InChI=1S/C23H32BrN3O2/c1-5-27(15-11-18-9-13-25-14-10-18)22(28)26-12-6-16-29-21-8-7-19(17-20(21)24)23(2,3)4/h7-10,13-14,17H,5-6,11-12,15-16H2,1-4H3,(H,26,28). The van der Waals surface area contributed by atoms with Crippen molar-refractivity contribution in [1.29, 1.82) is 0 Å². The molecular weight excluding hydrogens is 430 g/mol. The van der Waals surface area contributed by atoms with Gasteiger partial charge in [-0.15, -0.1) is 0 Å². The van der Waals surface area contributed by atoms with Gasteiger partial charge in [-0.1, -0.05) is 26.8 Å². The molecule has 158 valence electrons. The molecule has 0 spiro atoms. The number of nitrogens with one attached hydrogen (secondary N) is 1. The first kappa shape index (κ1) is 23.2. The van der Waals surface area contributed by atoms with Crippen LogP contribution in [0.15, 0.2) is 47.2 Å². The predicted molar refractivity (Wildman–Crippen MR) is 122 cm³/mol. The van der Waals surface area contributed by atoms with Crippen LogP contribution in [0.2, 0.25) is 0 Å². The molecule has 0 atom stereocenters. The lowest BCUT2D eigenvalue weighted by Crippen LogP contribution is -2.41. The van der Waals surface area contributed by atoms with Crippen molar-refractivity contribution in [2.45, 2.75) is 46.0 Å². The Hall–Kier alpha value is -2.08. The Morgan fingerprint density at radius 3 is 2.55 bits per heavy atom. The molecule has 0 unspecified atom stereocenters. The van der Waals surface area contributed by atoms with Crippen molar-refractivity contribution in [1.82, 2.24) is 15.2 Å². The lowest BCUT2D eigenvalue weighted by molar-refractivity contribution is 0.200. The van der Waals surface area contributed by atoms with E-state index < -0.39 is 0 Å². The SMILES string of the molecule is CCN(CCc1ccncc1)C(=O)NCCCOc1ccc(C(C)(C)C)cc1Br. The average Bonchev–Trinajstić information content (AvgIpc) is 2.69. The number of hydrogen-bond donors (Lipinski definition) is 1. The van der Waals surface area contributed by atoms with E-state index in [0.29, 0.717) is 26.2 Å². The highest BCUT2D eigenvalue weighted by Crippen LogP contribution is 2.31. The van der Waals surface area contributed by atoms with E-state index in [1.54, 1.807) is 12.4 Å². The van der Waals surface area contributed by atoms with Gasteiger partial charge in [-0.2, -0.15) is 0 Å². The summed E-state index contributed by atoms with van der Waals surface area (Å²) < 4.78 is 6.82. The van der Waals surface area contributed by atoms with Crippen LogP contribution in [0.25, 0.3) is 0 Å². The first-order chi connectivity index (χ1) is 13.8. The second-order valence-electron chi connectivity index (χ2n) is 8.01. The Morgan fingerprint density at radius 2 is 1.93 bits per heavy atom. The molecule has 0 aliphatic rings. The molecular formula is C23H32BrN3O2. The lowest BCUT2D eigenvalue weighted by atomic mass is 9.87. The summed E-state index contributed by atoms with van der Waals surface area (Å²) in [6.07, 6.45) is 5.13. The molecule has 0 radical (unpaired) electrons. The molecule has 5 nitrogen and oxygen atoms in total. The van der Waals surface area contributed by atoms with E-state index in [1.165, 1.54) is 11.1 Å². The first-order valence-electron chi connectivity index (χ1n) is 10.2. The van der Waals surface area contributed by atoms with Crippen molar-refractivity contribution in [2.75, 3.05) is 26.2 Å². The van der Waals surface area contributed by atoms with Crippen LogP contribution in [-0.4, -0.2) is 42.2 Å². The van der Waals surface area contributed by atoms with Gasteiger partial charge in [0.2, 0.25) is 0 Å². The fourth-order valence-electron chi connectivity index (χ4n) is 2.86. The van der Waals surface area contributed by atoms with Crippen molar-refractivity contribution >= 4 is 22.0 Å². The van der Waals surface area contributed by atoms with Gasteiger partial charge in [-0.05, 0) is 76.5 Å². The number of rotatable bonds is 9. The van der Waals surface area contributed by atoms with Gasteiger partial charge in [-0.3, -0.25) is 4.98 Å². The summed E-state index contributed by atoms with van der Waals surface area (Å²) in [5.41, 5.74) is 2.55. The van der Waals surface area contributed by atoms with Crippen LogP contribution >= 0.6 is 15.9 Å². The highest BCUT2D eigenvalue weighted by atomic mass is 79.9. The number of amides is 2. The number of benzene rings is 1. The number of halogens is 1. The summed E-state index contributed by atoms with van der Waals surface area (Å²) in [7, 11) is 0. The minimum Gasteiger partial charge on any atom is -0.492 e. The van der Waals surface area contributed by atoms with Crippen molar-refractivity contribution in [3.05, 3.63) is 58.3 Å². The number of ether oxygens (including phenoxy) is 1. The van der Waals surface area contributed by atoms with Gasteiger partial charge in [0, 0.05) is 32.0 Å². The number of hydrogen-bond acceptors (Lipinski definition) is 3. The Labute approximate surface area is 183 Å². The molecule has 6 heteroatoms. The second kappa shape index (κ2) is 11.2. The minimum absolute atomic E-state index is 0.0303. The lowest BCUT2D eigenvalue weighted by Gasteiger charge is -2.21. The third-order valence-electron chi connectivity index (χ3n) is 4.74. The zero-order valence-electron chi connectivity index (χ0n) is 17.9. The number of aromatic nitrogens is 1. The highest BCUT2D eigenvalue weighted by Gasteiger charge is 2.15. The van der Waals surface area contributed by atoms with Gasteiger partial charge >= 0.3 is 6.03 Å². The molecule has 0 saturated carbocycles. The first-order valence-corrected chi connectivity index (χ1v) is 10.9. The molecule has 2 rings (SSSR count). The predicted octanol–water partition coefficient (Wildman–Crippen LogP) is 5.18. The van der Waals surface area contributed by atoms with Gasteiger partial charge in [-0.25, -0.2) is 4.79 Å². The Balaban J connectivity index is 1.70. The van der Waals surface area contributed by atoms with Crippen LogP contribution in [0.3, 0.4) is 0 Å². The van der Waals surface area contributed by atoms with E-state index in [-0.39, 0.29) is 11.4 Å². The van der Waals surface area contributed by atoms with Crippen LogP contribution in [0.1, 0.15) is 45.2 Å². The van der Waals surface area contributed by atoms with Crippen molar-refractivity contribution in [3.63, 3.8) is 0 Å². The minimum atomic E-state index is -0.0303. The van der Waals surface area contributed by atoms with Gasteiger partial charge < -0.3 is 15.0 Å². The van der Waals surface area contributed by atoms with E-state index in [0.717, 1.165) is 23.1 Å². The molecule has 2 aromatic rings. The molecule has 0 aliphatic carbocycles. The summed E-state index contributed by atoms with van der Waals surface area (Å²) in [5.74, 6) is 0.830. The molecule has 2 amide bonds. The molecule has 29 heavy (non-hydrogen) atoms. The molecule has 0 fully saturated rings. The Bertz CT molecular complexity index is 775. The zero-order valence-corrected chi connectivity index (χ0v) is 19.5. The van der Waals surface area contributed by atoms with E-state index >= 15 is 0 Å². The Morgan fingerprint density at radius 1 is 1.21 bits per heavy atom. The monoisotopic (exact) mass is 461 g/mol. The molecule has 1 aromatic carbocycles. The van der Waals surface area contributed by atoms with Crippen LogP contribution in [0.5, 0.6) is 5.75 Å². The second-order valence-corrected chi connectivity index (χ2v) is 8.87. The quantitative estimate of drug-likeness (QED) is 0.523. The summed E-state index contributed by atoms with van der Waals surface area (Å²) >= 11 is 3.59. The molecule has 0 aliphatic heterocycles. The van der Waals surface area contributed by atoms with Gasteiger partial charge in [0.15, 0.2) is 0 Å². The van der Waals surface area contributed by atoms with E-state index in [9.17, 15) is 4.79 Å². The van der Waals surface area contributed by atoms with Gasteiger partial charge in [0.1, 0.15) is 5.75 Å². The fraction of sp³-hybridized carbons (Fsp3) is 0.478. The average molecular weight is 462 g/mol.